The second-order valence-corrected chi connectivity index (χ2v) is 5.56. The van der Waals surface area contributed by atoms with Gasteiger partial charge < -0.3 is 15.1 Å². The fourth-order valence-corrected chi connectivity index (χ4v) is 2.67. The van der Waals surface area contributed by atoms with E-state index in [1.165, 1.54) is 51.9 Å². The van der Waals surface area contributed by atoms with Gasteiger partial charge >= 0.3 is 0 Å². The van der Waals surface area contributed by atoms with Crippen molar-refractivity contribution >= 4 is 0 Å². The van der Waals surface area contributed by atoms with E-state index in [9.17, 15) is 0 Å². The molecule has 0 amide bonds. The first kappa shape index (κ1) is 13.9. The Kier molecular flexibility index (Phi) is 5.73. The van der Waals surface area contributed by atoms with Crippen LogP contribution in [0.2, 0.25) is 0 Å². The third kappa shape index (κ3) is 4.40. The predicted molar refractivity (Wildman–Crippen MR) is 70.9 cm³/mol. The summed E-state index contributed by atoms with van der Waals surface area (Å²) in [5.74, 6) is 0. The lowest BCUT2D eigenvalue weighted by Gasteiger charge is -2.33. The van der Waals surface area contributed by atoms with E-state index in [-0.39, 0.29) is 0 Å². The number of likely N-dealkylation sites (N-methyl/N-ethyl adjacent to an activating group) is 1. The molecule has 1 aliphatic heterocycles. The Morgan fingerprint density at radius 2 is 1.94 bits per heavy atom. The van der Waals surface area contributed by atoms with Crippen LogP contribution < -0.4 is 5.32 Å². The Hall–Kier alpha value is -0.120. The van der Waals surface area contributed by atoms with Crippen LogP contribution in [0.25, 0.3) is 0 Å². The highest BCUT2D eigenvalue weighted by molar-refractivity contribution is 4.93. The highest BCUT2D eigenvalue weighted by atomic mass is 15.2. The monoisotopic (exact) mass is 227 g/mol. The van der Waals surface area contributed by atoms with E-state index < -0.39 is 0 Å². The third-order valence-corrected chi connectivity index (χ3v) is 3.73. The maximum Gasteiger partial charge on any atom is 0.0306 e. The molecule has 1 atom stereocenters. The molecule has 3 heteroatoms. The van der Waals surface area contributed by atoms with Gasteiger partial charge in [0.2, 0.25) is 0 Å². The summed E-state index contributed by atoms with van der Waals surface area (Å²) in [5, 5.41) is 3.70. The first-order valence-electron chi connectivity index (χ1n) is 6.66. The molecule has 1 N–H and O–H groups in total. The number of hydrogen-bond acceptors (Lipinski definition) is 3. The predicted octanol–water partition coefficient (Wildman–Crippen LogP) is 1.40. The minimum atomic E-state index is 0.410. The third-order valence-electron chi connectivity index (χ3n) is 3.73. The van der Waals surface area contributed by atoms with Crippen LogP contribution in [0.4, 0.5) is 0 Å². The molecule has 0 aromatic heterocycles. The zero-order valence-corrected chi connectivity index (χ0v) is 11.6. The maximum absolute atomic E-state index is 3.70. The Labute approximate surface area is 101 Å². The van der Waals surface area contributed by atoms with Gasteiger partial charge in [-0.15, -0.1) is 0 Å². The molecule has 0 spiro atoms. The quantitative estimate of drug-likeness (QED) is 0.709. The summed E-state index contributed by atoms with van der Waals surface area (Å²) in [6.07, 6.45) is 5.22. The summed E-state index contributed by atoms with van der Waals surface area (Å²) in [4.78, 5) is 4.75. The summed E-state index contributed by atoms with van der Waals surface area (Å²) < 4.78 is 0. The minimum Gasteiger partial charge on any atom is -0.310 e. The van der Waals surface area contributed by atoms with Crippen molar-refractivity contribution in [2.75, 3.05) is 47.3 Å². The Morgan fingerprint density at radius 3 is 2.44 bits per heavy atom. The maximum atomic E-state index is 3.70. The fourth-order valence-electron chi connectivity index (χ4n) is 2.67. The molecule has 1 saturated heterocycles. The average molecular weight is 227 g/mol. The van der Waals surface area contributed by atoms with Crippen LogP contribution in [0.5, 0.6) is 0 Å². The second-order valence-electron chi connectivity index (χ2n) is 5.56. The van der Waals surface area contributed by atoms with Crippen molar-refractivity contribution in [1.82, 2.24) is 15.1 Å². The molecular formula is C13H29N3. The summed E-state index contributed by atoms with van der Waals surface area (Å²) in [5.41, 5.74) is 0.410. The van der Waals surface area contributed by atoms with Crippen LogP contribution in [0.1, 0.15) is 32.6 Å². The van der Waals surface area contributed by atoms with Crippen LogP contribution in [-0.4, -0.2) is 62.7 Å². The van der Waals surface area contributed by atoms with Crippen LogP contribution in [0.15, 0.2) is 0 Å². The normalized spacial score (nSPS) is 25.9. The molecule has 0 bridgehead atoms. The lowest BCUT2D eigenvalue weighted by atomic mass is 9.93. The molecule has 1 unspecified atom stereocenters. The molecule has 0 saturated carbocycles. The summed E-state index contributed by atoms with van der Waals surface area (Å²) in [6, 6.07) is 0. The largest absolute Gasteiger partial charge is 0.310 e. The lowest BCUT2D eigenvalue weighted by Crippen LogP contribution is -2.48. The molecule has 1 fully saturated rings. The van der Waals surface area contributed by atoms with Gasteiger partial charge in [-0.2, -0.15) is 0 Å². The van der Waals surface area contributed by atoms with E-state index in [1.807, 2.05) is 0 Å². The van der Waals surface area contributed by atoms with Crippen LogP contribution in [0.3, 0.4) is 0 Å². The molecule has 0 aromatic rings. The van der Waals surface area contributed by atoms with Gasteiger partial charge in [0, 0.05) is 12.1 Å². The topological polar surface area (TPSA) is 18.5 Å². The standard InChI is InChI=1S/C13H29N3/c1-5-13(8-6-9-14-13)12-16(4)11-7-10-15(2)3/h14H,5-12H2,1-4H3. The molecule has 0 radical (unpaired) electrons. The van der Waals surface area contributed by atoms with Gasteiger partial charge in [0.1, 0.15) is 0 Å². The van der Waals surface area contributed by atoms with Gasteiger partial charge in [0.25, 0.3) is 0 Å². The van der Waals surface area contributed by atoms with Crippen LogP contribution in [0, 0.1) is 0 Å². The van der Waals surface area contributed by atoms with Crippen molar-refractivity contribution in [3.05, 3.63) is 0 Å². The van der Waals surface area contributed by atoms with Crippen LogP contribution >= 0.6 is 0 Å². The van der Waals surface area contributed by atoms with Crippen molar-refractivity contribution in [2.45, 2.75) is 38.1 Å². The molecule has 1 aliphatic rings. The first-order chi connectivity index (χ1) is 7.58. The van der Waals surface area contributed by atoms with E-state index in [0.29, 0.717) is 5.54 Å². The summed E-state index contributed by atoms with van der Waals surface area (Å²) in [7, 11) is 6.55. The van der Waals surface area contributed by atoms with E-state index >= 15 is 0 Å². The van der Waals surface area contributed by atoms with Crippen molar-refractivity contribution in [2.24, 2.45) is 0 Å². The van der Waals surface area contributed by atoms with E-state index in [0.717, 1.165) is 0 Å². The van der Waals surface area contributed by atoms with Crippen molar-refractivity contribution in [3.63, 3.8) is 0 Å². The Morgan fingerprint density at radius 1 is 1.19 bits per heavy atom. The van der Waals surface area contributed by atoms with Crippen molar-refractivity contribution in [3.8, 4) is 0 Å². The SMILES string of the molecule is CCC1(CN(C)CCCN(C)C)CCCN1. The average Bonchev–Trinajstić information content (AvgIpc) is 2.66. The Bertz CT molecular complexity index is 186. The number of rotatable bonds is 7. The summed E-state index contributed by atoms with van der Waals surface area (Å²) in [6.45, 7) is 7.13. The zero-order chi connectivity index (χ0) is 12.0. The van der Waals surface area contributed by atoms with Crippen molar-refractivity contribution < 1.29 is 0 Å². The molecule has 0 aromatic carbocycles. The number of nitrogens with zero attached hydrogens (tertiary/aromatic N) is 2. The fraction of sp³-hybridized carbons (Fsp3) is 1.00. The van der Waals surface area contributed by atoms with Gasteiger partial charge in [-0.05, 0) is 66.5 Å². The van der Waals surface area contributed by atoms with Gasteiger partial charge in [0.05, 0.1) is 0 Å². The molecule has 96 valence electrons. The molecule has 3 nitrogen and oxygen atoms in total. The smallest absolute Gasteiger partial charge is 0.0306 e. The minimum absolute atomic E-state index is 0.410. The molecule has 1 rings (SSSR count). The zero-order valence-electron chi connectivity index (χ0n) is 11.6. The molecule has 1 heterocycles. The van der Waals surface area contributed by atoms with Crippen molar-refractivity contribution in [1.29, 1.82) is 0 Å². The highest BCUT2D eigenvalue weighted by Gasteiger charge is 2.32. The molecule has 0 aliphatic carbocycles. The van der Waals surface area contributed by atoms with E-state index in [1.54, 1.807) is 0 Å². The van der Waals surface area contributed by atoms with Gasteiger partial charge in [-0.1, -0.05) is 6.92 Å². The first-order valence-corrected chi connectivity index (χ1v) is 6.66. The van der Waals surface area contributed by atoms with Gasteiger partial charge in [-0.3, -0.25) is 0 Å². The van der Waals surface area contributed by atoms with Gasteiger partial charge in [0.15, 0.2) is 0 Å². The number of hydrogen-bond donors (Lipinski definition) is 1. The van der Waals surface area contributed by atoms with E-state index in [4.69, 9.17) is 0 Å². The highest BCUT2D eigenvalue weighted by Crippen LogP contribution is 2.23. The lowest BCUT2D eigenvalue weighted by molar-refractivity contribution is 0.212. The number of nitrogens with one attached hydrogen (secondary N) is 1. The Balaban J connectivity index is 2.24. The summed E-state index contributed by atoms with van der Waals surface area (Å²) >= 11 is 0. The molecule has 16 heavy (non-hydrogen) atoms. The van der Waals surface area contributed by atoms with Gasteiger partial charge in [-0.25, -0.2) is 0 Å². The second kappa shape index (κ2) is 6.58. The molecular weight excluding hydrogens is 198 g/mol. The van der Waals surface area contributed by atoms with Crippen LogP contribution in [-0.2, 0) is 0 Å². The van der Waals surface area contributed by atoms with E-state index in [2.05, 4.69) is 43.2 Å².